The number of carbonyl (C=O) groups excluding carboxylic acids is 1. The largest absolute Gasteiger partial charge is 0.394 e. The normalized spacial score (nSPS) is 24.0. The Hall–Kier alpha value is -3.09. The second-order valence-corrected chi connectivity index (χ2v) is 23.9. The monoisotopic (exact) mass is 1210 g/mol. The molecular formula is C72H125NO13. The number of amides is 1. The number of carbonyl (C=O) groups is 1. The highest BCUT2D eigenvalue weighted by Gasteiger charge is 2.51. The first-order valence-electron chi connectivity index (χ1n) is 34.5. The quantitative estimate of drug-likeness (QED) is 0.0204. The summed E-state index contributed by atoms with van der Waals surface area (Å²) >= 11 is 0. The molecule has 2 rings (SSSR count). The van der Waals surface area contributed by atoms with Crippen LogP contribution in [0.25, 0.3) is 0 Å². The summed E-state index contributed by atoms with van der Waals surface area (Å²) < 4.78 is 22.8. The lowest BCUT2D eigenvalue weighted by Gasteiger charge is -2.46. The van der Waals surface area contributed by atoms with Gasteiger partial charge in [-0.3, -0.25) is 4.79 Å². The fraction of sp³-hybridized carbons (Fsp3) is 0.764. The molecule has 9 N–H and O–H groups in total. The van der Waals surface area contributed by atoms with Gasteiger partial charge in [0, 0.05) is 6.42 Å². The number of nitrogens with one attached hydrogen (secondary N) is 1. The van der Waals surface area contributed by atoms with E-state index in [9.17, 15) is 45.6 Å². The standard InChI is InChI=1S/C72H125NO13/c1-3-5-7-9-11-13-15-17-19-21-23-25-26-27-28-29-30-31-32-33-34-36-37-39-41-43-45-47-49-51-53-55-61(76)60(59-83-71-69(82)67(80)70(63(58-75)85-71)86-72-68(81)66(79)65(78)62(57-74)84-72)73-64(77)56-54-52-50-48-46-44-42-40-38-35-24-22-20-18-16-14-12-10-8-6-4-2/h6,8,12,14,18,20,24,35,40,42,45-48,53,55,60-63,65-72,74-76,78-82H,3-5,7,9-11,13,15-17,19,21-23,25-34,36-39,41,43-44,49-52,54,56-59H2,1-2H3,(H,73,77)/b8-6-,14-12-,20-18-,35-24-,42-40-,47-45+,48-46-,55-53+. The third-order valence-corrected chi connectivity index (χ3v) is 16.3. The summed E-state index contributed by atoms with van der Waals surface area (Å²) in [6.07, 6.45) is 61.9. The van der Waals surface area contributed by atoms with E-state index in [2.05, 4.69) is 104 Å². The number of allylic oxidation sites excluding steroid dienone is 15. The minimum Gasteiger partial charge on any atom is -0.394 e. The molecule has 86 heavy (non-hydrogen) atoms. The summed E-state index contributed by atoms with van der Waals surface area (Å²) in [6, 6.07) is -0.963. The zero-order chi connectivity index (χ0) is 62.3. The van der Waals surface area contributed by atoms with E-state index in [1.807, 2.05) is 6.08 Å². The van der Waals surface area contributed by atoms with Crippen LogP contribution in [-0.4, -0.2) is 140 Å². The van der Waals surface area contributed by atoms with E-state index in [4.69, 9.17) is 18.9 Å². The number of rotatable bonds is 55. The fourth-order valence-electron chi connectivity index (χ4n) is 10.8. The molecule has 0 aromatic heterocycles. The summed E-state index contributed by atoms with van der Waals surface area (Å²) in [6.45, 7) is 2.65. The molecule has 0 radical (unpaired) electrons. The third kappa shape index (κ3) is 39.8. The predicted octanol–water partition coefficient (Wildman–Crippen LogP) is 13.8. The Morgan fingerprint density at radius 3 is 1.28 bits per heavy atom. The number of hydrogen-bond donors (Lipinski definition) is 9. The maximum atomic E-state index is 13.3. The van der Waals surface area contributed by atoms with Gasteiger partial charge in [-0.15, -0.1) is 0 Å². The Kier molecular flexibility index (Phi) is 51.4. The highest BCUT2D eigenvalue weighted by atomic mass is 16.7. The van der Waals surface area contributed by atoms with Gasteiger partial charge in [0.05, 0.1) is 32.0 Å². The molecule has 0 bridgehead atoms. The molecule has 2 saturated heterocycles. The molecule has 2 aliphatic rings. The van der Waals surface area contributed by atoms with Gasteiger partial charge in [0.2, 0.25) is 5.91 Å². The van der Waals surface area contributed by atoms with E-state index in [0.717, 1.165) is 64.2 Å². The van der Waals surface area contributed by atoms with Crippen molar-refractivity contribution < 1.29 is 64.6 Å². The Morgan fingerprint density at radius 2 is 0.814 bits per heavy atom. The zero-order valence-electron chi connectivity index (χ0n) is 53.8. The Morgan fingerprint density at radius 1 is 0.430 bits per heavy atom. The van der Waals surface area contributed by atoms with Crippen LogP contribution in [-0.2, 0) is 23.7 Å². The third-order valence-electron chi connectivity index (χ3n) is 16.3. The minimum absolute atomic E-state index is 0.213. The van der Waals surface area contributed by atoms with Crippen LogP contribution in [0.15, 0.2) is 97.2 Å². The number of aliphatic hydroxyl groups is 8. The van der Waals surface area contributed by atoms with Crippen molar-refractivity contribution in [2.75, 3.05) is 19.8 Å². The second kappa shape index (κ2) is 55.9. The number of aliphatic hydroxyl groups excluding tert-OH is 8. The van der Waals surface area contributed by atoms with Gasteiger partial charge in [0.1, 0.15) is 48.8 Å². The van der Waals surface area contributed by atoms with Crippen LogP contribution >= 0.6 is 0 Å². The number of unbranched alkanes of at least 4 members (excludes halogenated alkanes) is 28. The van der Waals surface area contributed by atoms with Gasteiger partial charge in [-0.25, -0.2) is 0 Å². The van der Waals surface area contributed by atoms with Crippen LogP contribution in [0.5, 0.6) is 0 Å². The van der Waals surface area contributed by atoms with E-state index >= 15 is 0 Å². The first kappa shape index (κ1) is 79.0. The average Bonchev–Trinajstić information content (AvgIpc) is 2.54. The molecule has 12 unspecified atom stereocenters. The average molecular weight is 1210 g/mol. The summed E-state index contributed by atoms with van der Waals surface area (Å²) in [5.41, 5.74) is 0. The maximum Gasteiger partial charge on any atom is 0.220 e. The zero-order valence-corrected chi connectivity index (χ0v) is 53.8. The van der Waals surface area contributed by atoms with E-state index in [-0.39, 0.29) is 18.9 Å². The molecule has 1 amide bonds. The summed E-state index contributed by atoms with van der Waals surface area (Å²) in [4.78, 5) is 13.3. The summed E-state index contributed by atoms with van der Waals surface area (Å²) in [5, 5.41) is 87.3. The van der Waals surface area contributed by atoms with Crippen LogP contribution < -0.4 is 5.32 Å². The molecule has 12 atom stereocenters. The van der Waals surface area contributed by atoms with E-state index in [0.29, 0.717) is 12.8 Å². The van der Waals surface area contributed by atoms with Gasteiger partial charge in [-0.1, -0.05) is 265 Å². The van der Waals surface area contributed by atoms with Gasteiger partial charge >= 0.3 is 0 Å². The lowest BCUT2D eigenvalue weighted by atomic mass is 9.97. The molecule has 14 nitrogen and oxygen atoms in total. The van der Waals surface area contributed by atoms with Crippen LogP contribution in [0.1, 0.15) is 258 Å². The molecule has 0 saturated carbocycles. The molecule has 0 aromatic rings. The number of ether oxygens (including phenoxy) is 4. The van der Waals surface area contributed by atoms with Crippen molar-refractivity contribution in [2.24, 2.45) is 0 Å². The van der Waals surface area contributed by atoms with Crippen LogP contribution in [0.2, 0.25) is 0 Å². The van der Waals surface area contributed by atoms with Crippen molar-refractivity contribution in [3.8, 4) is 0 Å². The molecule has 2 heterocycles. The van der Waals surface area contributed by atoms with Gasteiger partial charge in [0.25, 0.3) is 0 Å². The van der Waals surface area contributed by atoms with Gasteiger partial charge in [-0.2, -0.15) is 0 Å². The first-order chi connectivity index (χ1) is 42.1. The van der Waals surface area contributed by atoms with Crippen LogP contribution in [0.4, 0.5) is 0 Å². The molecule has 2 fully saturated rings. The van der Waals surface area contributed by atoms with Crippen molar-refractivity contribution in [3.63, 3.8) is 0 Å². The van der Waals surface area contributed by atoms with E-state index in [1.165, 1.54) is 161 Å². The SMILES string of the molecule is CC/C=C\C/C=C\C/C=C\C/C=C\C/C=C\C/C=C\CCCCC(=O)NC(COC1OC(CO)C(OC2OC(CO)C(O)C(O)C2O)C(O)C1O)C(O)/C=C/CC/C=C/CCCCCCCCCCCCCCCCCCCCCCCCCCC. The van der Waals surface area contributed by atoms with E-state index in [1.54, 1.807) is 6.08 Å². The molecule has 0 aromatic carbocycles. The van der Waals surface area contributed by atoms with Crippen molar-refractivity contribution in [1.82, 2.24) is 5.32 Å². The summed E-state index contributed by atoms with van der Waals surface area (Å²) in [5.74, 6) is -0.293. The minimum atomic E-state index is -1.80. The van der Waals surface area contributed by atoms with Crippen molar-refractivity contribution >= 4 is 5.91 Å². The molecule has 14 heteroatoms. The maximum absolute atomic E-state index is 13.3. The highest BCUT2D eigenvalue weighted by molar-refractivity contribution is 5.76. The van der Waals surface area contributed by atoms with Gasteiger partial charge < -0.3 is 65.1 Å². The van der Waals surface area contributed by atoms with Crippen LogP contribution in [0.3, 0.4) is 0 Å². The lowest BCUT2D eigenvalue weighted by Crippen LogP contribution is -2.65. The van der Waals surface area contributed by atoms with Gasteiger partial charge in [0.15, 0.2) is 12.6 Å². The molecule has 496 valence electrons. The highest BCUT2D eigenvalue weighted by Crippen LogP contribution is 2.30. The fourth-order valence-corrected chi connectivity index (χ4v) is 10.8. The van der Waals surface area contributed by atoms with Crippen molar-refractivity contribution in [3.05, 3.63) is 97.2 Å². The molecule has 2 aliphatic heterocycles. The van der Waals surface area contributed by atoms with Crippen molar-refractivity contribution in [2.45, 2.75) is 331 Å². The van der Waals surface area contributed by atoms with Crippen molar-refractivity contribution in [1.29, 1.82) is 0 Å². The Balaban J connectivity index is 1.72. The molecule has 0 aliphatic carbocycles. The summed E-state index contributed by atoms with van der Waals surface area (Å²) in [7, 11) is 0. The predicted molar refractivity (Wildman–Crippen MR) is 350 cm³/mol. The Labute approximate surface area is 522 Å². The first-order valence-corrected chi connectivity index (χ1v) is 34.5. The molecular weight excluding hydrogens is 1090 g/mol. The smallest absolute Gasteiger partial charge is 0.220 e. The lowest BCUT2D eigenvalue weighted by molar-refractivity contribution is -0.359. The number of hydrogen-bond acceptors (Lipinski definition) is 13. The van der Waals surface area contributed by atoms with E-state index < -0.39 is 86.8 Å². The topological polar surface area (TPSA) is 228 Å². The molecule has 0 spiro atoms. The van der Waals surface area contributed by atoms with Crippen LogP contribution in [0, 0.1) is 0 Å². The second-order valence-electron chi connectivity index (χ2n) is 23.9. The van der Waals surface area contributed by atoms with Gasteiger partial charge in [-0.05, 0) is 83.5 Å². The Bertz CT molecular complexity index is 1810.